The SMILES string of the molecule is CCN1C(=O)CCC2(C(=O)O)CCCCC12. The first-order chi connectivity index (χ1) is 7.62. The molecule has 0 aromatic heterocycles. The second-order valence-electron chi connectivity index (χ2n) is 4.90. The van der Waals surface area contributed by atoms with E-state index in [1.807, 2.05) is 6.92 Å². The fourth-order valence-corrected chi connectivity index (χ4v) is 3.37. The molecule has 1 aliphatic heterocycles. The molecule has 1 N–H and O–H groups in total. The van der Waals surface area contributed by atoms with Gasteiger partial charge in [0.05, 0.1) is 5.41 Å². The molecule has 2 atom stereocenters. The molecule has 1 aliphatic carbocycles. The van der Waals surface area contributed by atoms with Gasteiger partial charge < -0.3 is 10.0 Å². The highest BCUT2D eigenvalue weighted by molar-refractivity contribution is 5.83. The Bertz CT molecular complexity index is 315. The van der Waals surface area contributed by atoms with Crippen LogP contribution in [0.2, 0.25) is 0 Å². The minimum absolute atomic E-state index is 0.0648. The molecule has 16 heavy (non-hydrogen) atoms. The lowest BCUT2D eigenvalue weighted by Crippen LogP contribution is -2.59. The van der Waals surface area contributed by atoms with Crippen molar-refractivity contribution in [2.24, 2.45) is 5.41 Å². The molecular weight excluding hydrogens is 206 g/mol. The Balaban J connectivity index is 2.33. The van der Waals surface area contributed by atoms with E-state index in [9.17, 15) is 14.7 Å². The summed E-state index contributed by atoms with van der Waals surface area (Å²) in [6, 6.07) is -0.0648. The minimum atomic E-state index is -0.705. The van der Waals surface area contributed by atoms with E-state index >= 15 is 0 Å². The average Bonchev–Trinajstić information content (AvgIpc) is 2.29. The number of hydrogen-bond donors (Lipinski definition) is 1. The molecule has 1 saturated carbocycles. The van der Waals surface area contributed by atoms with Crippen molar-refractivity contribution in [2.45, 2.75) is 51.5 Å². The summed E-state index contributed by atoms with van der Waals surface area (Å²) in [6.07, 6.45) is 4.54. The molecule has 0 aromatic carbocycles. The Morgan fingerprint density at radius 1 is 1.50 bits per heavy atom. The standard InChI is InChI=1S/C12H19NO3/c1-2-13-9-5-3-4-7-12(9,11(15)16)8-6-10(13)14/h9H,2-8H2,1H3,(H,15,16). The summed E-state index contributed by atoms with van der Waals surface area (Å²) in [5, 5.41) is 9.49. The molecule has 4 heteroatoms. The molecule has 1 amide bonds. The number of rotatable bonds is 2. The number of carboxylic acids is 1. The third kappa shape index (κ3) is 1.51. The number of hydrogen-bond acceptors (Lipinski definition) is 2. The van der Waals surface area contributed by atoms with Gasteiger partial charge in [-0.3, -0.25) is 9.59 Å². The van der Waals surface area contributed by atoms with E-state index in [4.69, 9.17) is 0 Å². The van der Waals surface area contributed by atoms with Gasteiger partial charge in [0.25, 0.3) is 0 Å². The molecule has 2 rings (SSSR count). The van der Waals surface area contributed by atoms with E-state index in [2.05, 4.69) is 0 Å². The van der Waals surface area contributed by atoms with Crippen molar-refractivity contribution in [3.63, 3.8) is 0 Å². The summed E-state index contributed by atoms with van der Waals surface area (Å²) in [6.45, 7) is 2.57. The van der Waals surface area contributed by atoms with Crippen LogP contribution in [-0.4, -0.2) is 34.5 Å². The van der Waals surface area contributed by atoms with Gasteiger partial charge in [0.2, 0.25) is 5.91 Å². The van der Waals surface area contributed by atoms with Gasteiger partial charge in [0.1, 0.15) is 0 Å². The Labute approximate surface area is 95.6 Å². The highest BCUT2D eigenvalue weighted by atomic mass is 16.4. The van der Waals surface area contributed by atoms with Crippen LogP contribution in [-0.2, 0) is 9.59 Å². The number of likely N-dealkylation sites (tertiary alicyclic amines) is 1. The van der Waals surface area contributed by atoms with Crippen LogP contribution in [0.1, 0.15) is 45.4 Å². The quantitative estimate of drug-likeness (QED) is 0.777. The predicted octanol–water partition coefficient (Wildman–Crippen LogP) is 1.64. The highest BCUT2D eigenvalue weighted by Crippen LogP contribution is 2.46. The van der Waals surface area contributed by atoms with Crippen LogP contribution in [0.25, 0.3) is 0 Å². The maximum atomic E-state index is 11.8. The lowest BCUT2D eigenvalue weighted by Gasteiger charge is -2.49. The Morgan fingerprint density at radius 3 is 2.88 bits per heavy atom. The molecule has 2 fully saturated rings. The highest BCUT2D eigenvalue weighted by Gasteiger charge is 2.53. The number of carbonyl (C=O) groups is 2. The fraction of sp³-hybridized carbons (Fsp3) is 0.833. The molecule has 2 unspecified atom stereocenters. The van der Waals surface area contributed by atoms with Gasteiger partial charge in [-0.1, -0.05) is 12.8 Å². The van der Waals surface area contributed by atoms with Crippen molar-refractivity contribution in [3.05, 3.63) is 0 Å². The van der Waals surface area contributed by atoms with E-state index in [0.717, 1.165) is 25.7 Å². The number of nitrogens with zero attached hydrogens (tertiary/aromatic N) is 1. The normalized spacial score (nSPS) is 34.7. The zero-order chi connectivity index (χ0) is 11.8. The van der Waals surface area contributed by atoms with Crippen LogP contribution in [0.5, 0.6) is 0 Å². The first-order valence-electron chi connectivity index (χ1n) is 6.14. The van der Waals surface area contributed by atoms with Crippen molar-refractivity contribution < 1.29 is 14.7 Å². The molecule has 2 aliphatic rings. The van der Waals surface area contributed by atoms with Gasteiger partial charge in [-0.15, -0.1) is 0 Å². The maximum Gasteiger partial charge on any atom is 0.311 e. The Morgan fingerprint density at radius 2 is 2.25 bits per heavy atom. The molecule has 4 nitrogen and oxygen atoms in total. The van der Waals surface area contributed by atoms with Gasteiger partial charge in [0.15, 0.2) is 0 Å². The fourth-order valence-electron chi connectivity index (χ4n) is 3.37. The van der Waals surface area contributed by atoms with Crippen LogP contribution < -0.4 is 0 Å². The Hall–Kier alpha value is -1.06. The maximum absolute atomic E-state index is 11.8. The second-order valence-corrected chi connectivity index (χ2v) is 4.90. The molecule has 0 spiro atoms. The summed E-state index contributed by atoms with van der Waals surface area (Å²) >= 11 is 0. The van der Waals surface area contributed by atoms with Crippen molar-refractivity contribution in [1.82, 2.24) is 4.90 Å². The van der Waals surface area contributed by atoms with E-state index < -0.39 is 11.4 Å². The third-order valence-electron chi connectivity index (χ3n) is 4.24. The van der Waals surface area contributed by atoms with E-state index in [-0.39, 0.29) is 11.9 Å². The van der Waals surface area contributed by atoms with Gasteiger partial charge >= 0.3 is 5.97 Å². The second kappa shape index (κ2) is 4.07. The van der Waals surface area contributed by atoms with Crippen LogP contribution in [0.3, 0.4) is 0 Å². The lowest BCUT2D eigenvalue weighted by atomic mass is 9.65. The van der Waals surface area contributed by atoms with Crippen LogP contribution in [0.15, 0.2) is 0 Å². The molecule has 90 valence electrons. The van der Waals surface area contributed by atoms with Gasteiger partial charge in [-0.25, -0.2) is 0 Å². The summed E-state index contributed by atoms with van der Waals surface area (Å²) in [4.78, 5) is 25.1. The monoisotopic (exact) mass is 225 g/mol. The molecule has 0 radical (unpaired) electrons. The van der Waals surface area contributed by atoms with Gasteiger partial charge in [-0.05, 0) is 26.2 Å². The summed E-state index contributed by atoms with van der Waals surface area (Å²) in [5.74, 6) is -0.575. The number of fused-ring (bicyclic) bond motifs is 1. The number of carbonyl (C=O) groups excluding carboxylic acids is 1. The predicted molar refractivity (Wildman–Crippen MR) is 58.9 cm³/mol. The lowest BCUT2D eigenvalue weighted by molar-refractivity contribution is -0.166. The topological polar surface area (TPSA) is 57.6 Å². The Kier molecular flexibility index (Phi) is 2.91. The largest absolute Gasteiger partial charge is 0.481 e. The van der Waals surface area contributed by atoms with Crippen molar-refractivity contribution in [3.8, 4) is 0 Å². The molecule has 0 aromatic rings. The molecule has 1 saturated heterocycles. The first-order valence-corrected chi connectivity index (χ1v) is 6.14. The van der Waals surface area contributed by atoms with E-state index in [1.54, 1.807) is 4.90 Å². The minimum Gasteiger partial charge on any atom is -0.481 e. The number of aliphatic carboxylic acids is 1. The average molecular weight is 225 g/mol. The van der Waals surface area contributed by atoms with E-state index in [0.29, 0.717) is 19.4 Å². The smallest absolute Gasteiger partial charge is 0.311 e. The third-order valence-corrected chi connectivity index (χ3v) is 4.24. The number of amides is 1. The van der Waals surface area contributed by atoms with Gasteiger partial charge in [-0.2, -0.15) is 0 Å². The zero-order valence-corrected chi connectivity index (χ0v) is 9.74. The zero-order valence-electron chi connectivity index (χ0n) is 9.74. The molecule has 0 bridgehead atoms. The van der Waals surface area contributed by atoms with E-state index in [1.165, 1.54) is 0 Å². The van der Waals surface area contributed by atoms with Crippen LogP contribution >= 0.6 is 0 Å². The number of piperidine rings is 1. The molecular formula is C12H19NO3. The van der Waals surface area contributed by atoms with Crippen LogP contribution in [0.4, 0.5) is 0 Å². The van der Waals surface area contributed by atoms with Crippen molar-refractivity contribution in [2.75, 3.05) is 6.54 Å². The van der Waals surface area contributed by atoms with Crippen molar-refractivity contribution >= 4 is 11.9 Å². The van der Waals surface area contributed by atoms with Crippen LogP contribution in [0, 0.1) is 5.41 Å². The summed E-state index contributed by atoms with van der Waals surface area (Å²) in [5.41, 5.74) is -0.651. The first kappa shape index (κ1) is 11.4. The van der Waals surface area contributed by atoms with Gasteiger partial charge in [0, 0.05) is 19.0 Å². The number of carboxylic acid groups (broad SMARTS) is 1. The summed E-state index contributed by atoms with van der Waals surface area (Å²) < 4.78 is 0. The summed E-state index contributed by atoms with van der Waals surface area (Å²) in [7, 11) is 0. The van der Waals surface area contributed by atoms with Crippen molar-refractivity contribution in [1.29, 1.82) is 0 Å². The molecule has 1 heterocycles.